The van der Waals surface area contributed by atoms with E-state index >= 15 is 0 Å². The maximum absolute atomic E-state index is 11.2. The molecule has 2 nitrogen and oxygen atoms in total. The standard InChI is InChI=1S/C9H12O2/c10-8-3-1-6-5-7(8)2-4-9(6)11/h6-7H,1-5H2. The van der Waals surface area contributed by atoms with Crippen molar-refractivity contribution < 1.29 is 9.59 Å². The van der Waals surface area contributed by atoms with Crippen molar-refractivity contribution in [3.63, 3.8) is 0 Å². The summed E-state index contributed by atoms with van der Waals surface area (Å²) in [4.78, 5) is 22.4. The van der Waals surface area contributed by atoms with Gasteiger partial charge in [0.05, 0.1) is 0 Å². The van der Waals surface area contributed by atoms with Crippen LogP contribution >= 0.6 is 0 Å². The van der Waals surface area contributed by atoms with E-state index < -0.39 is 0 Å². The van der Waals surface area contributed by atoms with Crippen LogP contribution in [-0.4, -0.2) is 11.6 Å². The third-order valence-corrected chi connectivity index (χ3v) is 2.96. The third-order valence-electron chi connectivity index (χ3n) is 2.96. The molecule has 0 aromatic rings. The highest BCUT2D eigenvalue weighted by atomic mass is 16.1. The minimum Gasteiger partial charge on any atom is -0.299 e. The number of fused-ring (bicyclic) bond motifs is 2. The summed E-state index contributed by atoms with van der Waals surface area (Å²) in [5.41, 5.74) is 0. The first-order valence-electron chi connectivity index (χ1n) is 4.33. The van der Waals surface area contributed by atoms with E-state index in [4.69, 9.17) is 0 Å². The number of hydrogen-bond acceptors (Lipinski definition) is 2. The SMILES string of the molecule is O=C1CCC2CC1CCC2=O. The molecule has 0 radical (unpaired) electrons. The fourth-order valence-electron chi connectivity index (χ4n) is 2.21. The summed E-state index contributed by atoms with van der Waals surface area (Å²) in [7, 11) is 0. The van der Waals surface area contributed by atoms with Crippen molar-refractivity contribution in [2.24, 2.45) is 11.8 Å². The summed E-state index contributed by atoms with van der Waals surface area (Å²) >= 11 is 0. The van der Waals surface area contributed by atoms with Gasteiger partial charge in [-0.3, -0.25) is 9.59 Å². The zero-order chi connectivity index (χ0) is 7.84. The highest BCUT2D eigenvalue weighted by molar-refractivity contribution is 5.89. The molecule has 0 aliphatic heterocycles. The van der Waals surface area contributed by atoms with Crippen LogP contribution in [0.3, 0.4) is 0 Å². The van der Waals surface area contributed by atoms with Crippen LogP contribution in [0.5, 0.6) is 0 Å². The number of rotatable bonds is 0. The lowest BCUT2D eigenvalue weighted by atomic mass is 9.71. The van der Waals surface area contributed by atoms with Crippen LogP contribution in [0.15, 0.2) is 0 Å². The maximum Gasteiger partial charge on any atom is 0.136 e. The Kier molecular flexibility index (Phi) is 1.55. The number of carbonyl (C=O) groups is 2. The van der Waals surface area contributed by atoms with E-state index in [9.17, 15) is 9.59 Å². The molecule has 2 saturated carbocycles. The van der Waals surface area contributed by atoms with Crippen LogP contribution < -0.4 is 0 Å². The van der Waals surface area contributed by atoms with Crippen molar-refractivity contribution in [2.75, 3.05) is 0 Å². The average Bonchev–Trinajstić information content (AvgIpc) is 2.02. The predicted molar refractivity (Wildman–Crippen MR) is 40.1 cm³/mol. The molecular formula is C9H12O2. The minimum atomic E-state index is 0.242. The topological polar surface area (TPSA) is 34.1 Å². The first-order chi connectivity index (χ1) is 5.27. The fraction of sp³-hybridized carbons (Fsp3) is 0.778. The van der Waals surface area contributed by atoms with Crippen molar-refractivity contribution in [2.45, 2.75) is 32.1 Å². The Labute approximate surface area is 66.0 Å². The summed E-state index contributed by atoms with van der Waals surface area (Å²) in [6.45, 7) is 0. The quantitative estimate of drug-likeness (QED) is 0.524. The Morgan fingerprint density at radius 1 is 0.909 bits per heavy atom. The molecule has 2 aliphatic rings. The lowest BCUT2D eigenvalue weighted by Crippen LogP contribution is -2.34. The Morgan fingerprint density at radius 3 is 1.82 bits per heavy atom. The predicted octanol–water partition coefficient (Wildman–Crippen LogP) is 1.33. The second kappa shape index (κ2) is 2.43. The van der Waals surface area contributed by atoms with Crippen molar-refractivity contribution >= 4 is 11.6 Å². The molecule has 0 saturated heterocycles. The largest absolute Gasteiger partial charge is 0.299 e. The Balaban J connectivity index is 2.14. The monoisotopic (exact) mass is 152 g/mol. The van der Waals surface area contributed by atoms with E-state index in [0.717, 1.165) is 19.3 Å². The smallest absolute Gasteiger partial charge is 0.136 e. The molecule has 11 heavy (non-hydrogen) atoms. The van der Waals surface area contributed by atoms with Crippen LogP contribution in [-0.2, 0) is 9.59 Å². The number of Topliss-reactive ketones (excluding diaryl/α,β-unsaturated/α-hetero) is 2. The van der Waals surface area contributed by atoms with Crippen LogP contribution in [0.2, 0.25) is 0 Å². The van der Waals surface area contributed by atoms with Gasteiger partial charge in [0.15, 0.2) is 0 Å². The number of hydrogen-bond donors (Lipinski definition) is 0. The molecule has 0 N–H and O–H groups in total. The van der Waals surface area contributed by atoms with E-state index in [2.05, 4.69) is 0 Å². The molecule has 60 valence electrons. The van der Waals surface area contributed by atoms with Gasteiger partial charge in [0, 0.05) is 24.7 Å². The first kappa shape index (κ1) is 7.01. The third kappa shape index (κ3) is 1.10. The van der Waals surface area contributed by atoms with Gasteiger partial charge in [0.25, 0.3) is 0 Å². The summed E-state index contributed by atoms with van der Waals surface area (Å²) < 4.78 is 0. The van der Waals surface area contributed by atoms with Gasteiger partial charge in [-0.2, -0.15) is 0 Å². The molecule has 0 spiro atoms. The highest BCUT2D eigenvalue weighted by Crippen LogP contribution is 2.35. The van der Waals surface area contributed by atoms with Crippen molar-refractivity contribution in [1.82, 2.24) is 0 Å². The van der Waals surface area contributed by atoms with Crippen LogP contribution in [0.1, 0.15) is 32.1 Å². The number of carbonyl (C=O) groups excluding carboxylic acids is 2. The average molecular weight is 152 g/mol. The second-order valence-corrected chi connectivity index (χ2v) is 3.64. The normalized spacial score (nSPS) is 37.5. The van der Waals surface area contributed by atoms with Gasteiger partial charge >= 0.3 is 0 Å². The molecule has 2 bridgehead atoms. The van der Waals surface area contributed by atoms with Gasteiger partial charge in [-0.1, -0.05) is 0 Å². The van der Waals surface area contributed by atoms with Gasteiger partial charge in [-0.15, -0.1) is 0 Å². The number of ketones is 2. The minimum absolute atomic E-state index is 0.242. The molecule has 2 fully saturated rings. The summed E-state index contributed by atoms with van der Waals surface area (Å²) in [6.07, 6.45) is 3.82. The van der Waals surface area contributed by atoms with Crippen molar-refractivity contribution in [3.8, 4) is 0 Å². The van der Waals surface area contributed by atoms with Crippen LogP contribution in [0.25, 0.3) is 0 Å². The summed E-state index contributed by atoms with van der Waals surface area (Å²) in [6, 6.07) is 0. The molecule has 2 unspecified atom stereocenters. The van der Waals surface area contributed by atoms with E-state index in [1.807, 2.05) is 0 Å². The van der Waals surface area contributed by atoms with E-state index in [-0.39, 0.29) is 11.8 Å². The Hall–Kier alpha value is -0.660. The molecule has 0 heterocycles. The molecule has 2 atom stereocenters. The van der Waals surface area contributed by atoms with Crippen LogP contribution in [0.4, 0.5) is 0 Å². The zero-order valence-corrected chi connectivity index (χ0v) is 6.51. The Morgan fingerprint density at radius 2 is 1.36 bits per heavy atom. The van der Waals surface area contributed by atoms with Gasteiger partial charge in [0.2, 0.25) is 0 Å². The summed E-state index contributed by atoms with van der Waals surface area (Å²) in [5.74, 6) is 1.28. The summed E-state index contributed by atoms with van der Waals surface area (Å²) in [5, 5.41) is 0. The maximum atomic E-state index is 11.2. The molecule has 2 aliphatic carbocycles. The molecule has 2 rings (SSSR count). The van der Waals surface area contributed by atoms with Crippen LogP contribution in [0, 0.1) is 11.8 Å². The zero-order valence-electron chi connectivity index (χ0n) is 6.51. The second-order valence-electron chi connectivity index (χ2n) is 3.64. The molecule has 2 heteroatoms. The molecular weight excluding hydrogens is 140 g/mol. The van der Waals surface area contributed by atoms with Gasteiger partial charge in [0.1, 0.15) is 11.6 Å². The van der Waals surface area contributed by atoms with E-state index in [1.165, 1.54) is 0 Å². The molecule has 0 aromatic heterocycles. The van der Waals surface area contributed by atoms with Gasteiger partial charge in [-0.25, -0.2) is 0 Å². The van der Waals surface area contributed by atoms with Gasteiger partial charge < -0.3 is 0 Å². The lowest BCUT2D eigenvalue weighted by molar-refractivity contribution is -0.134. The molecule has 0 aromatic carbocycles. The highest BCUT2D eigenvalue weighted by Gasteiger charge is 2.36. The van der Waals surface area contributed by atoms with E-state index in [1.54, 1.807) is 0 Å². The lowest BCUT2D eigenvalue weighted by Gasteiger charge is -2.31. The molecule has 0 amide bonds. The van der Waals surface area contributed by atoms with E-state index in [0.29, 0.717) is 24.4 Å². The first-order valence-corrected chi connectivity index (χ1v) is 4.33. The van der Waals surface area contributed by atoms with Crippen molar-refractivity contribution in [3.05, 3.63) is 0 Å². The Bertz CT molecular complexity index is 186. The van der Waals surface area contributed by atoms with Crippen molar-refractivity contribution in [1.29, 1.82) is 0 Å². The van der Waals surface area contributed by atoms with Gasteiger partial charge in [-0.05, 0) is 19.3 Å². The fourth-order valence-corrected chi connectivity index (χ4v) is 2.21.